The predicted octanol–water partition coefficient (Wildman–Crippen LogP) is 7.76. The molecular formula is C29H29N. The number of rotatable bonds is 9. The fraction of sp³-hybridized carbons (Fsp3) is 0.207. The molecule has 0 fully saturated rings. The van der Waals surface area contributed by atoms with Gasteiger partial charge < -0.3 is 0 Å². The summed E-state index contributed by atoms with van der Waals surface area (Å²) in [5, 5.41) is 0. The van der Waals surface area contributed by atoms with Crippen molar-refractivity contribution in [2.45, 2.75) is 38.5 Å². The second-order valence-electron chi connectivity index (χ2n) is 7.90. The Labute approximate surface area is 180 Å². The van der Waals surface area contributed by atoms with Crippen LogP contribution in [0.3, 0.4) is 0 Å². The summed E-state index contributed by atoms with van der Waals surface area (Å²) in [6.45, 7) is 0. The number of benzene rings is 3. The van der Waals surface area contributed by atoms with Crippen LogP contribution in [0.4, 0.5) is 0 Å². The summed E-state index contributed by atoms with van der Waals surface area (Å²) >= 11 is 0. The van der Waals surface area contributed by atoms with Gasteiger partial charge in [-0.1, -0.05) is 97.8 Å². The molecule has 1 nitrogen and oxygen atoms in total. The van der Waals surface area contributed by atoms with Crippen molar-refractivity contribution in [3.63, 3.8) is 0 Å². The van der Waals surface area contributed by atoms with E-state index in [0.29, 0.717) is 0 Å². The van der Waals surface area contributed by atoms with Crippen LogP contribution in [0.2, 0.25) is 0 Å². The van der Waals surface area contributed by atoms with Gasteiger partial charge in [0.2, 0.25) is 0 Å². The lowest BCUT2D eigenvalue weighted by Gasteiger charge is -2.08. The Morgan fingerprint density at radius 1 is 0.467 bits per heavy atom. The summed E-state index contributed by atoms with van der Waals surface area (Å²) in [4.78, 5) is 4.56. The van der Waals surface area contributed by atoms with Crippen molar-refractivity contribution in [2.24, 2.45) is 0 Å². The lowest BCUT2D eigenvalue weighted by Crippen LogP contribution is -1.90. The van der Waals surface area contributed by atoms with E-state index < -0.39 is 0 Å². The first kappa shape index (κ1) is 20.1. The van der Waals surface area contributed by atoms with Gasteiger partial charge in [0.1, 0.15) is 0 Å². The third-order valence-corrected chi connectivity index (χ3v) is 5.61. The highest BCUT2D eigenvalue weighted by Crippen LogP contribution is 2.25. The van der Waals surface area contributed by atoms with Crippen molar-refractivity contribution in [3.8, 4) is 22.4 Å². The zero-order chi connectivity index (χ0) is 20.4. The van der Waals surface area contributed by atoms with Gasteiger partial charge in [-0.15, -0.1) is 0 Å². The van der Waals surface area contributed by atoms with Gasteiger partial charge in [-0.25, -0.2) is 0 Å². The molecule has 4 aromatic rings. The third-order valence-electron chi connectivity index (χ3n) is 5.61. The molecule has 0 bridgehead atoms. The monoisotopic (exact) mass is 391 g/mol. The fourth-order valence-electron chi connectivity index (χ4n) is 3.94. The quantitative estimate of drug-likeness (QED) is 0.266. The van der Waals surface area contributed by atoms with E-state index in [-0.39, 0.29) is 0 Å². The first-order valence-electron chi connectivity index (χ1n) is 11.0. The Morgan fingerprint density at radius 3 is 1.83 bits per heavy atom. The smallest absolute Gasteiger partial charge is 0.0708 e. The number of aromatic nitrogens is 1. The van der Waals surface area contributed by atoms with Crippen LogP contribution in [-0.4, -0.2) is 4.98 Å². The molecule has 0 aliphatic rings. The third kappa shape index (κ3) is 5.67. The minimum absolute atomic E-state index is 1.02. The van der Waals surface area contributed by atoms with Crippen LogP contribution in [0.1, 0.15) is 36.8 Å². The summed E-state index contributed by atoms with van der Waals surface area (Å²) in [6.07, 6.45) is 9.39. The molecule has 0 saturated carbocycles. The largest absolute Gasteiger partial charge is 0.256 e. The van der Waals surface area contributed by atoms with Gasteiger partial charge in [-0.3, -0.25) is 4.98 Å². The number of hydrogen-bond acceptors (Lipinski definition) is 1. The average Bonchev–Trinajstić information content (AvgIpc) is 2.83. The highest BCUT2D eigenvalue weighted by molar-refractivity contribution is 5.70. The highest BCUT2D eigenvalue weighted by atomic mass is 14.7. The standard InChI is InChI=1S/C29H29N/c1(5-12-24-13-7-3-8-14-24)2-6-15-25-16-11-19-27(22-25)28-20-21-30-29(23-28)26-17-9-4-10-18-26/h3-4,7-11,13-14,16-23H,1-2,5-6,12,15H2. The van der Waals surface area contributed by atoms with Crippen molar-refractivity contribution in [1.82, 2.24) is 4.98 Å². The van der Waals surface area contributed by atoms with Crippen molar-refractivity contribution >= 4 is 0 Å². The topological polar surface area (TPSA) is 12.9 Å². The maximum Gasteiger partial charge on any atom is 0.0708 e. The lowest BCUT2D eigenvalue weighted by molar-refractivity contribution is 0.640. The summed E-state index contributed by atoms with van der Waals surface area (Å²) in [6, 6.07) is 34.5. The summed E-state index contributed by atoms with van der Waals surface area (Å²) in [5.74, 6) is 0. The Bertz CT molecular complexity index is 1040. The van der Waals surface area contributed by atoms with Gasteiger partial charge in [0.25, 0.3) is 0 Å². The molecule has 4 rings (SSSR count). The maximum atomic E-state index is 4.56. The van der Waals surface area contributed by atoms with Gasteiger partial charge in [-0.05, 0) is 60.1 Å². The molecule has 0 aliphatic carbocycles. The molecular weight excluding hydrogens is 362 g/mol. The Hall–Kier alpha value is -3.19. The molecule has 1 heterocycles. The van der Waals surface area contributed by atoms with Crippen LogP contribution in [0, 0.1) is 0 Å². The van der Waals surface area contributed by atoms with Crippen molar-refractivity contribution in [2.75, 3.05) is 0 Å². The average molecular weight is 392 g/mol. The van der Waals surface area contributed by atoms with E-state index >= 15 is 0 Å². The van der Waals surface area contributed by atoms with E-state index in [2.05, 4.69) is 96.0 Å². The molecule has 0 aliphatic heterocycles. The van der Waals surface area contributed by atoms with E-state index in [4.69, 9.17) is 0 Å². The number of aryl methyl sites for hydroxylation is 2. The Balaban J connectivity index is 1.31. The van der Waals surface area contributed by atoms with Gasteiger partial charge in [0.05, 0.1) is 5.69 Å². The predicted molar refractivity (Wildman–Crippen MR) is 127 cm³/mol. The summed E-state index contributed by atoms with van der Waals surface area (Å²) < 4.78 is 0. The minimum Gasteiger partial charge on any atom is -0.256 e. The highest BCUT2D eigenvalue weighted by Gasteiger charge is 2.04. The summed E-state index contributed by atoms with van der Waals surface area (Å²) in [7, 11) is 0. The number of nitrogens with zero attached hydrogens (tertiary/aromatic N) is 1. The van der Waals surface area contributed by atoms with E-state index in [9.17, 15) is 0 Å². The molecule has 1 heteroatoms. The van der Waals surface area contributed by atoms with Gasteiger partial charge in [-0.2, -0.15) is 0 Å². The number of hydrogen-bond donors (Lipinski definition) is 0. The molecule has 0 atom stereocenters. The second-order valence-corrected chi connectivity index (χ2v) is 7.90. The molecule has 0 spiro atoms. The van der Waals surface area contributed by atoms with Crippen LogP contribution in [-0.2, 0) is 12.8 Å². The van der Waals surface area contributed by atoms with Crippen LogP contribution in [0.5, 0.6) is 0 Å². The van der Waals surface area contributed by atoms with E-state index in [0.717, 1.165) is 17.7 Å². The molecule has 30 heavy (non-hydrogen) atoms. The number of unbranched alkanes of at least 4 members (excludes halogenated alkanes) is 3. The lowest BCUT2D eigenvalue weighted by atomic mass is 9.99. The van der Waals surface area contributed by atoms with Gasteiger partial charge in [0.15, 0.2) is 0 Å². The van der Waals surface area contributed by atoms with Crippen molar-refractivity contribution in [3.05, 3.63) is 114 Å². The fourth-order valence-corrected chi connectivity index (χ4v) is 3.94. The zero-order valence-electron chi connectivity index (χ0n) is 17.5. The molecule has 0 N–H and O–H groups in total. The first-order valence-corrected chi connectivity index (χ1v) is 11.0. The molecule has 0 amide bonds. The minimum atomic E-state index is 1.02. The van der Waals surface area contributed by atoms with Crippen LogP contribution < -0.4 is 0 Å². The van der Waals surface area contributed by atoms with Gasteiger partial charge >= 0.3 is 0 Å². The van der Waals surface area contributed by atoms with Crippen molar-refractivity contribution < 1.29 is 0 Å². The normalized spacial score (nSPS) is 10.8. The molecule has 0 unspecified atom stereocenters. The number of pyridine rings is 1. The van der Waals surface area contributed by atoms with Crippen molar-refractivity contribution in [1.29, 1.82) is 0 Å². The molecule has 150 valence electrons. The molecule has 1 aromatic heterocycles. The second kappa shape index (κ2) is 10.5. The molecule has 3 aromatic carbocycles. The van der Waals surface area contributed by atoms with E-state index in [1.807, 2.05) is 12.3 Å². The van der Waals surface area contributed by atoms with Crippen LogP contribution in [0.25, 0.3) is 22.4 Å². The first-order chi connectivity index (χ1) is 14.9. The SMILES string of the molecule is c1ccc(CCCCCCc2cccc(-c3ccnc(-c4ccccc4)c3)c2)cc1. The molecule has 0 radical (unpaired) electrons. The van der Waals surface area contributed by atoms with Gasteiger partial charge in [0, 0.05) is 11.8 Å². The summed E-state index contributed by atoms with van der Waals surface area (Å²) in [5.41, 5.74) is 7.57. The van der Waals surface area contributed by atoms with E-state index in [1.54, 1.807) is 0 Å². The Kier molecular flexibility index (Phi) is 7.07. The zero-order valence-corrected chi connectivity index (χ0v) is 17.5. The van der Waals surface area contributed by atoms with E-state index in [1.165, 1.54) is 54.4 Å². The van der Waals surface area contributed by atoms with Crippen LogP contribution in [0.15, 0.2) is 103 Å². The maximum absolute atomic E-state index is 4.56. The Morgan fingerprint density at radius 2 is 1.07 bits per heavy atom. The van der Waals surface area contributed by atoms with Crippen LogP contribution >= 0.6 is 0 Å². The molecule has 0 saturated heterocycles.